The van der Waals surface area contributed by atoms with Crippen molar-refractivity contribution < 1.29 is 29.0 Å². The number of methoxy groups -OCH3 is 1. The van der Waals surface area contributed by atoms with E-state index in [0.29, 0.717) is 18.1 Å². The number of rotatable bonds is 11. The fourth-order valence-corrected chi connectivity index (χ4v) is 9.48. The van der Waals surface area contributed by atoms with Crippen molar-refractivity contribution >= 4 is 51.8 Å². The molecule has 5 atom stereocenters. The molecule has 3 unspecified atom stereocenters. The molecule has 0 radical (unpaired) electrons. The maximum Gasteiger partial charge on any atom is 0.407 e. The molecule has 336 valence electrons. The van der Waals surface area contributed by atoms with Gasteiger partial charge in [-0.15, -0.1) is 0 Å². The van der Waals surface area contributed by atoms with Gasteiger partial charge in [0, 0.05) is 18.4 Å². The fourth-order valence-electron chi connectivity index (χ4n) is 9.48. The molecule has 2 saturated heterocycles. The van der Waals surface area contributed by atoms with Crippen LogP contribution in [0.2, 0.25) is 0 Å². The second-order valence-corrected chi connectivity index (χ2v) is 18.9. The van der Waals surface area contributed by atoms with E-state index in [1.807, 2.05) is 24.8 Å². The van der Waals surface area contributed by atoms with Crippen molar-refractivity contribution in [3.05, 3.63) is 102 Å². The fraction of sp³-hybridized carbons (Fsp3) is 0.429. The number of carbonyl (C=O) groups excluding carboxylic acids is 3. The molecule has 2 fully saturated rings. The van der Waals surface area contributed by atoms with Crippen molar-refractivity contribution in [3.8, 4) is 11.5 Å². The van der Waals surface area contributed by atoms with Crippen molar-refractivity contribution in [2.75, 3.05) is 18.6 Å². The van der Waals surface area contributed by atoms with Gasteiger partial charge in [-0.3, -0.25) is 14.2 Å². The second-order valence-electron chi connectivity index (χ2n) is 18.9. The van der Waals surface area contributed by atoms with Gasteiger partial charge in [0.1, 0.15) is 17.9 Å². The van der Waals surface area contributed by atoms with Crippen LogP contribution in [0.1, 0.15) is 120 Å². The summed E-state index contributed by atoms with van der Waals surface area (Å²) in [5, 5.41) is 14.5. The Balaban J connectivity index is 1.11. The van der Waals surface area contributed by atoms with Gasteiger partial charge in [0.05, 0.1) is 53.0 Å². The van der Waals surface area contributed by atoms with Crippen molar-refractivity contribution in [1.29, 1.82) is 0 Å². The summed E-state index contributed by atoms with van der Waals surface area (Å²) in [6.45, 7) is 14.7. The number of imidazole rings is 2. The topological polar surface area (TPSA) is 191 Å². The number of nitrogens with one attached hydrogen (secondary N) is 4. The van der Waals surface area contributed by atoms with Crippen molar-refractivity contribution in [1.82, 2.24) is 40.0 Å². The van der Waals surface area contributed by atoms with Crippen LogP contribution in [-0.2, 0) is 14.9 Å². The molecule has 2 aliphatic heterocycles. The number of carbonyl (C=O) groups is 4. The van der Waals surface area contributed by atoms with Gasteiger partial charge in [-0.2, -0.15) is 0 Å². The number of aromatic nitrogens is 5. The van der Waals surface area contributed by atoms with Crippen LogP contribution in [0.3, 0.4) is 0 Å². The van der Waals surface area contributed by atoms with Crippen molar-refractivity contribution in [3.63, 3.8) is 0 Å². The summed E-state index contributed by atoms with van der Waals surface area (Å²) in [5.74, 6) is 0.329. The van der Waals surface area contributed by atoms with Gasteiger partial charge >= 0.3 is 12.2 Å². The molecule has 0 aliphatic carbocycles. The maximum atomic E-state index is 13.9. The number of nitrogens with zero attached hydrogens (tertiary/aromatic N) is 5. The van der Waals surface area contributed by atoms with E-state index in [0.717, 1.165) is 70.4 Å². The summed E-state index contributed by atoms with van der Waals surface area (Å²) in [7, 11) is 1.30. The predicted octanol–water partition coefficient (Wildman–Crippen LogP) is 9.26. The van der Waals surface area contributed by atoms with Gasteiger partial charge in [0.25, 0.3) is 5.91 Å². The van der Waals surface area contributed by atoms with E-state index < -0.39 is 24.3 Å². The lowest BCUT2D eigenvalue weighted by Crippen LogP contribution is -2.51. The molecule has 6 aromatic rings. The summed E-state index contributed by atoms with van der Waals surface area (Å²) < 4.78 is 6.28. The first-order chi connectivity index (χ1) is 30.5. The van der Waals surface area contributed by atoms with E-state index >= 15 is 0 Å². The first-order valence-electron chi connectivity index (χ1n) is 22.3. The van der Waals surface area contributed by atoms with Crippen molar-refractivity contribution in [2.45, 2.75) is 110 Å². The number of fused-ring (bicyclic) bond motifs is 2. The van der Waals surface area contributed by atoms with Crippen molar-refractivity contribution in [2.24, 2.45) is 11.8 Å². The first-order valence-corrected chi connectivity index (χ1v) is 22.3. The summed E-state index contributed by atoms with van der Waals surface area (Å²) >= 11 is 0. The van der Waals surface area contributed by atoms with Gasteiger partial charge in [-0.1, -0.05) is 72.7 Å². The lowest BCUT2D eigenvalue weighted by molar-refractivity contribution is -0.135. The largest absolute Gasteiger partial charge is 0.465 e. The van der Waals surface area contributed by atoms with Crippen LogP contribution >= 0.6 is 0 Å². The molecule has 5 heterocycles. The van der Waals surface area contributed by atoms with Gasteiger partial charge in [-0.25, -0.2) is 19.6 Å². The molecule has 0 saturated carbocycles. The molecule has 3 amide bonds. The highest BCUT2D eigenvalue weighted by atomic mass is 16.5. The Bertz CT molecular complexity index is 2690. The lowest BCUT2D eigenvalue weighted by atomic mass is 9.87. The molecule has 0 bridgehead atoms. The number of likely N-dealkylation sites (tertiary alicyclic amines) is 1. The van der Waals surface area contributed by atoms with Crippen LogP contribution in [0.4, 0.5) is 15.3 Å². The molecular weight excluding hydrogens is 811 g/mol. The molecule has 3 aromatic heterocycles. The number of amides is 3. The third-order valence-electron chi connectivity index (χ3n) is 12.9. The number of ether oxygens (including phenoxy) is 1. The van der Waals surface area contributed by atoms with Gasteiger partial charge < -0.3 is 40.2 Å². The second kappa shape index (κ2) is 17.5. The summed E-state index contributed by atoms with van der Waals surface area (Å²) in [5.41, 5.74) is 8.49. The Labute approximate surface area is 373 Å². The average molecular weight is 870 g/mol. The summed E-state index contributed by atoms with van der Waals surface area (Å²) in [6.07, 6.45) is 3.14. The molecule has 0 spiro atoms. The van der Waals surface area contributed by atoms with Crippen LogP contribution in [0.15, 0.2) is 79.0 Å². The number of aromatic amines is 2. The number of carboxylic acid groups (broad SMARTS) is 1. The number of H-pyrrole nitrogens is 2. The van der Waals surface area contributed by atoms with E-state index in [4.69, 9.17) is 14.7 Å². The highest BCUT2D eigenvalue weighted by molar-refractivity contribution is 5.91. The maximum absolute atomic E-state index is 13.9. The van der Waals surface area contributed by atoms with E-state index in [9.17, 15) is 24.3 Å². The minimum absolute atomic E-state index is 0.00489. The van der Waals surface area contributed by atoms with E-state index in [-0.39, 0.29) is 47.2 Å². The van der Waals surface area contributed by atoms with Crippen LogP contribution in [0.25, 0.3) is 33.6 Å². The Morgan fingerprint density at radius 3 is 1.97 bits per heavy atom. The zero-order valence-electron chi connectivity index (χ0n) is 37.8. The van der Waals surface area contributed by atoms with E-state index in [2.05, 4.69) is 101 Å². The highest BCUT2D eigenvalue weighted by Gasteiger charge is 2.39. The molecule has 3 aromatic carbocycles. The number of hydrogen-bond acceptors (Lipinski definition) is 8. The molecule has 64 heavy (non-hydrogen) atoms. The van der Waals surface area contributed by atoms with Crippen LogP contribution < -0.4 is 15.5 Å². The van der Waals surface area contributed by atoms with Gasteiger partial charge in [-0.05, 0) is 108 Å². The van der Waals surface area contributed by atoms with Crippen LogP contribution in [-0.4, -0.2) is 84.2 Å². The minimum Gasteiger partial charge on any atom is -0.465 e. The highest BCUT2D eigenvalue weighted by Crippen LogP contribution is 2.48. The molecule has 2 aliphatic rings. The zero-order valence-corrected chi connectivity index (χ0v) is 37.8. The normalized spacial score (nSPS) is 18.9. The number of alkyl carbamates (subject to hydrolysis) is 1. The number of benzene rings is 3. The number of hydrogen-bond donors (Lipinski definition) is 5. The van der Waals surface area contributed by atoms with Crippen LogP contribution in [0.5, 0.6) is 0 Å². The number of anilines is 1. The van der Waals surface area contributed by atoms with E-state index in [1.54, 1.807) is 32.2 Å². The molecular formula is C49H59N9O6. The first kappa shape index (κ1) is 44.0. The average Bonchev–Trinajstić information content (AvgIpc) is 4.11. The lowest BCUT2D eigenvalue weighted by Gasteiger charge is -2.34. The zero-order chi connectivity index (χ0) is 45.6. The Morgan fingerprint density at radius 2 is 1.38 bits per heavy atom. The smallest absolute Gasteiger partial charge is 0.407 e. The third-order valence-corrected chi connectivity index (χ3v) is 12.9. The Kier molecular flexibility index (Phi) is 12.0. The standard InChI is InChI=1S/C49H59N9O6/c1-27(2)41(54-47(61)62)45(59)56-23-9-11-39(56)43-50-33-19-13-29(25-35(33)52-43)37-21-22-38(58(37)32-17-15-31(16-18-32)49(5,6)7)30-14-20-34-36(26-30)53-44(51-34)40-12-10-24-57(40)46(60)42(28(3)4)55-48(63)64-8/h9,11,13-20,23,25-28,37-38,40-42,54H,10,12,21-22,24H2,1-8H3,(H,50,52)(H,51,53)(H,55,63)(H,61,62)/t37?,38-,40?,41+,42?/m1/s1. The third kappa shape index (κ3) is 8.55. The summed E-state index contributed by atoms with van der Waals surface area (Å²) in [4.78, 5) is 72.5. The molecule has 8 rings (SSSR count). The Morgan fingerprint density at radius 1 is 0.766 bits per heavy atom. The van der Waals surface area contributed by atoms with Gasteiger partial charge in [0.15, 0.2) is 5.82 Å². The predicted molar refractivity (Wildman–Crippen MR) is 246 cm³/mol. The minimum atomic E-state index is -1.25. The quantitative estimate of drug-likeness (QED) is 0.0845. The van der Waals surface area contributed by atoms with Crippen LogP contribution in [0, 0.1) is 11.8 Å². The SMILES string of the molecule is COC(=O)NC(C(=O)N1CCCC1c1nc2ccc([C@H]3CCC(c4ccc5nc(-c6cccn6C(=O)[C@@H](NC(=O)O)C(C)C)[nH]c5c4)N3c3ccc(C(C)(C)C)cc3)cc2[nH]1)C(C)C. The Hall–Kier alpha value is -6.64. The molecule has 15 heteroatoms. The molecule has 5 N–H and O–H groups in total. The van der Waals surface area contributed by atoms with Gasteiger partial charge in [0.2, 0.25) is 5.91 Å². The monoisotopic (exact) mass is 869 g/mol. The summed E-state index contributed by atoms with van der Waals surface area (Å²) in [6, 6.07) is 23.4. The van der Waals surface area contributed by atoms with E-state index in [1.165, 1.54) is 17.2 Å². The molecule has 15 nitrogen and oxygen atoms in total.